The highest BCUT2D eigenvalue weighted by Crippen LogP contribution is 2.33. The van der Waals surface area contributed by atoms with E-state index in [0.29, 0.717) is 36.1 Å². The Morgan fingerprint density at radius 3 is 2.73 bits per heavy atom. The molecule has 2 aromatic rings. The largest absolute Gasteiger partial charge is 0.493 e. The minimum atomic E-state index is -0.871. The van der Waals surface area contributed by atoms with Gasteiger partial charge in [0.2, 0.25) is 0 Å². The SMILES string of the molecule is COc1cc(Oc2ccc3c(c2)COB3O)ccc1OC=O. The fraction of sp³-hybridized carbons (Fsp3) is 0.133. The van der Waals surface area contributed by atoms with E-state index in [-0.39, 0.29) is 0 Å². The van der Waals surface area contributed by atoms with E-state index in [1.165, 1.54) is 7.11 Å². The first-order valence-corrected chi connectivity index (χ1v) is 6.60. The molecule has 0 atom stereocenters. The first kappa shape index (κ1) is 14.4. The number of hydrogen-bond donors (Lipinski definition) is 1. The van der Waals surface area contributed by atoms with Gasteiger partial charge in [-0.2, -0.15) is 0 Å². The number of rotatable bonds is 5. The maximum Gasteiger partial charge on any atom is 0.491 e. The minimum absolute atomic E-state index is 0.315. The third-order valence-corrected chi connectivity index (χ3v) is 3.32. The van der Waals surface area contributed by atoms with Crippen molar-refractivity contribution in [1.29, 1.82) is 0 Å². The minimum Gasteiger partial charge on any atom is -0.493 e. The quantitative estimate of drug-likeness (QED) is 0.661. The molecule has 0 unspecified atom stereocenters. The maximum atomic E-state index is 10.4. The predicted octanol–water partition coefficient (Wildman–Crippen LogP) is 1.24. The van der Waals surface area contributed by atoms with Crippen molar-refractivity contribution in [2.24, 2.45) is 0 Å². The van der Waals surface area contributed by atoms with Gasteiger partial charge in [0.25, 0.3) is 6.47 Å². The lowest BCUT2D eigenvalue weighted by Gasteiger charge is -2.10. The summed E-state index contributed by atoms with van der Waals surface area (Å²) in [4.78, 5) is 10.4. The van der Waals surface area contributed by atoms with Gasteiger partial charge in [0, 0.05) is 6.07 Å². The zero-order chi connectivity index (χ0) is 15.5. The summed E-state index contributed by atoms with van der Waals surface area (Å²) in [5.74, 6) is 1.86. The van der Waals surface area contributed by atoms with Crippen LogP contribution >= 0.6 is 0 Å². The highest BCUT2D eigenvalue weighted by Gasteiger charge is 2.27. The van der Waals surface area contributed by atoms with Crippen LogP contribution in [0.1, 0.15) is 5.56 Å². The molecule has 22 heavy (non-hydrogen) atoms. The monoisotopic (exact) mass is 300 g/mol. The molecule has 0 saturated carbocycles. The van der Waals surface area contributed by atoms with Crippen molar-refractivity contribution in [3.63, 3.8) is 0 Å². The van der Waals surface area contributed by atoms with Crippen LogP contribution in [0.2, 0.25) is 0 Å². The zero-order valence-corrected chi connectivity index (χ0v) is 11.8. The smallest absolute Gasteiger partial charge is 0.491 e. The number of ether oxygens (including phenoxy) is 3. The van der Waals surface area contributed by atoms with Gasteiger partial charge in [0.1, 0.15) is 11.5 Å². The number of carbonyl (C=O) groups is 1. The first-order chi connectivity index (χ1) is 10.7. The van der Waals surface area contributed by atoms with Crippen LogP contribution in [0.4, 0.5) is 0 Å². The molecule has 0 amide bonds. The van der Waals surface area contributed by atoms with Crippen LogP contribution in [0, 0.1) is 0 Å². The average Bonchev–Trinajstić information content (AvgIpc) is 2.90. The summed E-state index contributed by atoms with van der Waals surface area (Å²) in [6, 6.07) is 10.2. The Balaban J connectivity index is 1.83. The van der Waals surface area contributed by atoms with Crippen molar-refractivity contribution < 1.29 is 28.7 Å². The molecule has 112 valence electrons. The Morgan fingerprint density at radius 2 is 1.95 bits per heavy atom. The topological polar surface area (TPSA) is 74.2 Å². The van der Waals surface area contributed by atoms with Gasteiger partial charge in [-0.1, -0.05) is 6.07 Å². The fourth-order valence-electron chi connectivity index (χ4n) is 2.27. The Kier molecular flexibility index (Phi) is 3.99. The summed E-state index contributed by atoms with van der Waals surface area (Å²) in [6.07, 6.45) is 0. The lowest BCUT2D eigenvalue weighted by atomic mass is 9.80. The third kappa shape index (κ3) is 2.76. The molecule has 0 bridgehead atoms. The van der Waals surface area contributed by atoms with Crippen LogP contribution in [0.5, 0.6) is 23.0 Å². The van der Waals surface area contributed by atoms with Crippen LogP contribution < -0.4 is 19.7 Å². The van der Waals surface area contributed by atoms with Gasteiger partial charge in [-0.3, -0.25) is 4.79 Å². The lowest BCUT2D eigenvalue weighted by Crippen LogP contribution is -2.27. The summed E-state index contributed by atoms with van der Waals surface area (Å²) in [6.45, 7) is 0.688. The zero-order valence-electron chi connectivity index (χ0n) is 11.8. The normalized spacial score (nSPS) is 12.7. The van der Waals surface area contributed by atoms with E-state index in [1.807, 2.05) is 6.07 Å². The van der Waals surface area contributed by atoms with Gasteiger partial charge >= 0.3 is 7.12 Å². The molecular formula is C15H13BO6. The van der Waals surface area contributed by atoms with Crippen LogP contribution in [-0.2, 0) is 16.1 Å². The standard InChI is InChI=1S/C15H13BO6/c1-19-15-7-12(3-5-14(15)20-9-17)22-11-2-4-13-10(6-11)8-21-16(13)18/h2-7,9,18H,8H2,1H3. The third-order valence-electron chi connectivity index (χ3n) is 3.32. The van der Waals surface area contributed by atoms with Gasteiger partial charge in [-0.25, -0.2) is 0 Å². The predicted molar refractivity (Wildman–Crippen MR) is 78.6 cm³/mol. The molecule has 1 aliphatic rings. The molecule has 0 fully saturated rings. The molecule has 0 radical (unpaired) electrons. The van der Waals surface area contributed by atoms with E-state index in [1.54, 1.807) is 30.3 Å². The molecule has 0 saturated heterocycles. The summed E-state index contributed by atoms with van der Waals surface area (Å²) >= 11 is 0. The van der Waals surface area contributed by atoms with E-state index < -0.39 is 7.12 Å². The summed E-state index contributed by atoms with van der Waals surface area (Å²) in [5.41, 5.74) is 1.64. The van der Waals surface area contributed by atoms with Crippen LogP contribution in [0.3, 0.4) is 0 Å². The van der Waals surface area contributed by atoms with Crippen molar-refractivity contribution in [2.45, 2.75) is 6.61 Å². The molecule has 0 aromatic heterocycles. The van der Waals surface area contributed by atoms with E-state index >= 15 is 0 Å². The van der Waals surface area contributed by atoms with Crippen molar-refractivity contribution in [1.82, 2.24) is 0 Å². The molecule has 0 aliphatic carbocycles. The molecule has 1 heterocycles. The second kappa shape index (κ2) is 6.09. The number of hydrogen-bond acceptors (Lipinski definition) is 6. The van der Waals surface area contributed by atoms with Gasteiger partial charge in [-0.15, -0.1) is 0 Å². The number of carbonyl (C=O) groups excluding carboxylic acids is 1. The Bertz CT molecular complexity index is 702. The molecule has 1 aliphatic heterocycles. The number of methoxy groups -OCH3 is 1. The van der Waals surface area contributed by atoms with Crippen molar-refractivity contribution in [3.8, 4) is 23.0 Å². The van der Waals surface area contributed by atoms with Crippen LogP contribution in [-0.4, -0.2) is 25.7 Å². The molecule has 0 spiro atoms. The maximum absolute atomic E-state index is 10.4. The van der Waals surface area contributed by atoms with Gasteiger partial charge in [0.05, 0.1) is 13.7 Å². The second-order valence-electron chi connectivity index (χ2n) is 4.65. The molecule has 1 N–H and O–H groups in total. The van der Waals surface area contributed by atoms with E-state index in [0.717, 1.165) is 11.0 Å². The summed E-state index contributed by atoms with van der Waals surface area (Å²) in [7, 11) is 0.606. The second-order valence-corrected chi connectivity index (χ2v) is 4.65. The number of benzene rings is 2. The van der Waals surface area contributed by atoms with Crippen molar-refractivity contribution in [2.75, 3.05) is 7.11 Å². The van der Waals surface area contributed by atoms with Crippen LogP contribution in [0.25, 0.3) is 0 Å². The summed E-state index contributed by atoms with van der Waals surface area (Å²) in [5, 5.41) is 9.59. The van der Waals surface area contributed by atoms with Crippen molar-refractivity contribution in [3.05, 3.63) is 42.0 Å². The lowest BCUT2D eigenvalue weighted by molar-refractivity contribution is -0.120. The average molecular weight is 300 g/mol. The van der Waals surface area contributed by atoms with Gasteiger partial charge in [0.15, 0.2) is 11.5 Å². The highest BCUT2D eigenvalue weighted by atomic mass is 16.5. The fourth-order valence-corrected chi connectivity index (χ4v) is 2.27. The Labute approximate surface area is 127 Å². The Hall–Kier alpha value is -2.51. The summed E-state index contributed by atoms with van der Waals surface area (Å²) < 4.78 is 20.8. The molecule has 3 rings (SSSR count). The van der Waals surface area contributed by atoms with E-state index in [9.17, 15) is 9.82 Å². The molecule has 7 heteroatoms. The van der Waals surface area contributed by atoms with Gasteiger partial charge < -0.3 is 23.9 Å². The molecule has 6 nitrogen and oxygen atoms in total. The number of fused-ring (bicyclic) bond motifs is 1. The molecule has 2 aromatic carbocycles. The Morgan fingerprint density at radius 1 is 1.18 bits per heavy atom. The van der Waals surface area contributed by atoms with E-state index in [4.69, 9.17) is 18.9 Å². The highest BCUT2D eigenvalue weighted by molar-refractivity contribution is 6.61. The van der Waals surface area contributed by atoms with Crippen molar-refractivity contribution >= 4 is 19.1 Å². The first-order valence-electron chi connectivity index (χ1n) is 6.60. The van der Waals surface area contributed by atoms with Gasteiger partial charge in [-0.05, 0) is 35.3 Å². The molecular weight excluding hydrogens is 287 g/mol. The van der Waals surface area contributed by atoms with Crippen LogP contribution in [0.15, 0.2) is 36.4 Å². The van der Waals surface area contributed by atoms with E-state index in [2.05, 4.69) is 0 Å².